The van der Waals surface area contributed by atoms with Crippen LogP contribution in [0.2, 0.25) is 0 Å². The van der Waals surface area contributed by atoms with Crippen molar-refractivity contribution in [2.75, 3.05) is 0 Å². The Kier molecular flexibility index (Phi) is 5.31. The van der Waals surface area contributed by atoms with Gasteiger partial charge in [-0.3, -0.25) is 0 Å². The first kappa shape index (κ1) is 15.9. The molecule has 2 N–H and O–H groups in total. The zero-order valence-corrected chi connectivity index (χ0v) is 13.1. The van der Waals surface area contributed by atoms with Crippen LogP contribution in [0, 0.1) is 11.6 Å². The van der Waals surface area contributed by atoms with Gasteiger partial charge in [-0.05, 0) is 42.3 Å². The summed E-state index contributed by atoms with van der Waals surface area (Å²) in [5.41, 5.74) is 6.78. The van der Waals surface area contributed by atoms with Crippen LogP contribution in [0.25, 0.3) is 0 Å². The Hall–Kier alpha value is -1.46. The van der Waals surface area contributed by atoms with E-state index in [2.05, 4.69) is 15.9 Å². The molecule has 2 atom stereocenters. The molecule has 0 amide bonds. The van der Waals surface area contributed by atoms with Crippen molar-refractivity contribution >= 4 is 15.9 Å². The molecule has 0 heterocycles. The molecule has 2 aromatic carbocycles. The van der Waals surface area contributed by atoms with Gasteiger partial charge in [-0.2, -0.15) is 0 Å². The largest absolute Gasteiger partial charge is 0.481 e. The molecule has 0 aliphatic heterocycles. The summed E-state index contributed by atoms with van der Waals surface area (Å²) in [6.07, 6.45) is 0.117. The molecule has 0 aliphatic carbocycles. The van der Waals surface area contributed by atoms with Crippen LogP contribution in [0.3, 0.4) is 0 Å². The maximum Gasteiger partial charge on any atom is 0.166 e. The van der Waals surface area contributed by atoms with Crippen molar-refractivity contribution in [1.82, 2.24) is 0 Å². The van der Waals surface area contributed by atoms with Gasteiger partial charge in [0.1, 0.15) is 11.9 Å². The van der Waals surface area contributed by atoms with E-state index in [4.69, 9.17) is 10.5 Å². The topological polar surface area (TPSA) is 35.2 Å². The first-order valence-corrected chi connectivity index (χ1v) is 7.43. The van der Waals surface area contributed by atoms with Crippen LogP contribution in [-0.2, 0) is 0 Å². The molecule has 0 saturated carbocycles. The highest BCUT2D eigenvalue weighted by molar-refractivity contribution is 9.10. The van der Waals surface area contributed by atoms with Gasteiger partial charge < -0.3 is 10.5 Å². The van der Waals surface area contributed by atoms with Crippen molar-refractivity contribution < 1.29 is 13.5 Å². The number of halogens is 3. The van der Waals surface area contributed by atoms with Crippen molar-refractivity contribution in [2.45, 2.75) is 25.5 Å². The number of hydrogen-bond donors (Lipinski definition) is 1. The van der Waals surface area contributed by atoms with Crippen LogP contribution >= 0.6 is 15.9 Å². The summed E-state index contributed by atoms with van der Waals surface area (Å²) in [5.74, 6) is -0.686. The normalized spacial score (nSPS) is 13.8. The molecule has 0 aliphatic rings. The van der Waals surface area contributed by atoms with Gasteiger partial charge in [-0.15, -0.1) is 0 Å². The van der Waals surface area contributed by atoms with Gasteiger partial charge in [0.15, 0.2) is 11.6 Å². The van der Waals surface area contributed by atoms with Crippen molar-refractivity contribution in [1.29, 1.82) is 0 Å². The fourth-order valence-electron chi connectivity index (χ4n) is 1.98. The van der Waals surface area contributed by atoms with Gasteiger partial charge in [-0.1, -0.05) is 35.0 Å². The Morgan fingerprint density at radius 2 is 1.81 bits per heavy atom. The van der Waals surface area contributed by atoms with E-state index < -0.39 is 11.9 Å². The highest BCUT2D eigenvalue weighted by atomic mass is 79.9. The summed E-state index contributed by atoms with van der Waals surface area (Å²) in [5, 5.41) is 0. The van der Waals surface area contributed by atoms with E-state index in [0.717, 1.165) is 0 Å². The predicted octanol–water partition coefficient (Wildman–Crippen LogP) is 4.58. The van der Waals surface area contributed by atoms with Crippen LogP contribution in [0.5, 0.6) is 5.75 Å². The van der Waals surface area contributed by atoms with E-state index in [0.29, 0.717) is 16.5 Å². The minimum absolute atomic E-state index is 0.122. The predicted molar refractivity (Wildman–Crippen MR) is 82.1 cm³/mol. The summed E-state index contributed by atoms with van der Waals surface area (Å²) in [7, 11) is 0. The molecule has 2 unspecified atom stereocenters. The number of ether oxygens (including phenoxy) is 1. The highest BCUT2D eigenvalue weighted by Crippen LogP contribution is 2.29. The van der Waals surface area contributed by atoms with Gasteiger partial charge in [0, 0.05) is 10.5 Å². The van der Waals surface area contributed by atoms with Crippen LogP contribution in [0.4, 0.5) is 8.78 Å². The molecular formula is C16H16BrF2NO. The molecule has 112 valence electrons. The third kappa shape index (κ3) is 4.02. The van der Waals surface area contributed by atoms with E-state index in [-0.39, 0.29) is 17.6 Å². The summed E-state index contributed by atoms with van der Waals surface area (Å²) >= 11 is 3.20. The molecule has 0 spiro atoms. The van der Waals surface area contributed by atoms with Crippen molar-refractivity contribution in [3.63, 3.8) is 0 Å². The lowest BCUT2D eigenvalue weighted by atomic mass is 10.0. The molecule has 0 bridgehead atoms. The van der Waals surface area contributed by atoms with Crippen molar-refractivity contribution in [2.24, 2.45) is 5.73 Å². The number of benzene rings is 2. The van der Waals surface area contributed by atoms with Gasteiger partial charge in [-0.25, -0.2) is 8.78 Å². The van der Waals surface area contributed by atoms with Crippen molar-refractivity contribution in [3.05, 3.63) is 64.1 Å². The van der Waals surface area contributed by atoms with Crippen LogP contribution in [0.1, 0.15) is 25.0 Å². The standard InChI is InChI=1S/C16H16BrF2NO/c1-2-14(20)16(10-3-6-12(18)7-4-10)21-15-8-5-11(17)9-13(15)19/h3-9,14,16H,2,20H2,1H3. The van der Waals surface area contributed by atoms with E-state index >= 15 is 0 Å². The second-order valence-corrected chi connectivity index (χ2v) is 5.65. The molecule has 2 rings (SSSR count). The quantitative estimate of drug-likeness (QED) is 0.851. The molecule has 2 aromatic rings. The second kappa shape index (κ2) is 7.00. The Labute approximate surface area is 131 Å². The van der Waals surface area contributed by atoms with E-state index in [1.54, 1.807) is 24.3 Å². The van der Waals surface area contributed by atoms with Gasteiger partial charge in [0.05, 0.1) is 0 Å². The fourth-order valence-corrected chi connectivity index (χ4v) is 2.31. The number of nitrogens with two attached hydrogens (primary N) is 1. The molecule has 21 heavy (non-hydrogen) atoms. The first-order chi connectivity index (χ1) is 10.0. The molecule has 0 fully saturated rings. The maximum atomic E-state index is 13.9. The third-order valence-electron chi connectivity index (χ3n) is 3.21. The number of rotatable bonds is 5. The fraction of sp³-hybridized carbons (Fsp3) is 0.250. The Morgan fingerprint density at radius 3 is 2.38 bits per heavy atom. The second-order valence-electron chi connectivity index (χ2n) is 4.74. The third-order valence-corrected chi connectivity index (χ3v) is 3.70. The SMILES string of the molecule is CCC(N)C(Oc1ccc(Br)cc1F)c1ccc(F)cc1. The van der Waals surface area contributed by atoms with E-state index in [1.165, 1.54) is 18.2 Å². The average molecular weight is 356 g/mol. The molecule has 0 radical (unpaired) electrons. The molecule has 5 heteroatoms. The summed E-state index contributed by atoms with van der Waals surface area (Å²) < 4.78 is 33.3. The Balaban J connectivity index is 2.30. The van der Waals surface area contributed by atoms with Gasteiger partial charge in [0.2, 0.25) is 0 Å². The van der Waals surface area contributed by atoms with Gasteiger partial charge in [0.25, 0.3) is 0 Å². The summed E-state index contributed by atoms with van der Waals surface area (Å²) in [4.78, 5) is 0. The highest BCUT2D eigenvalue weighted by Gasteiger charge is 2.22. The average Bonchev–Trinajstić information content (AvgIpc) is 2.47. The van der Waals surface area contributed by atoms with Crippen molar-refractivity contribution in [3.8, 4) is 5.75 Å². The zero-order chi connectivity index (χ0) is 15.4. The number of hydrogen-bond acceptors (Lipinski definition) is 2. The van der Waals surface area contributed by atoms with Gasteiger partial charge >= 0.3 is 0 Å². The lowest BCUT2D eigenvalue weighted by Gasteiger charge is -2.25. The minimum atomic E-state index is -0.536. The van der Waals surface area contributed by atoms with Crippen LogP contribution in [0.15, 0.2) is 46.9 Å². The monoisotopic (exact) mass is 355 g/mol. The van der Waals surface area contributed by atoms with E-state index in [1.807, 2.05) is 6.92 Å². The Bertz CT molecular complexity index is 604. The Morgan fingerprint density at radius 1 is 1.14 bits per heavy atom. The molecular weight excluding hydrogens is 340 g/mol. The van der Waals surface area contributed by atoms with Crippen LogP contribution < -0.4 is 10.5 Å². The summed E-state index contributed by atoms with van der Waals surface area (Å²) in [6.45, 7) is 1.92. The first-order valence-electron chi connectivity index (χ1n) is 6.64. The smallest absolute Gasteiger partial charge is 0.166 e. The zero-order valence-electron chi connectivity index (χ0n) is 11.5. The minimum Gasteiger partial charge on any atom is -0.481 e. The van der Waals surface area contributed by atoms with Crippen LogP contribution in [-0.4, -0.2) is 6.04 Å². The van der Waals surface area contributed by atoms with E-state index in [9.17, 15) is 8.78 Å². The summed E-state index contributed by atoms with van der Waals surface area (Å²) in [6, 6.07) is 10.1. The molecule has 0 saturated heterocycles. The molecule has 2 nitrogen and oxygen atoms in total. The lowest BCUT2D eigenvalue weighted by Crippen LogP contribution is -2.31. The lowest BCUT2D eigenvalue weighted by molar-refractivity contribution is 0.163. The maximum absolute atomic E-state index is 13.9. The molecule has 0 aromatic heterocycles.